The normalized spacial score (nSPS) is 11.6. The quantitative estimate of drug-likeness (QED) is 0.188. The molecule has 0 N–H and O–H groups in total. The summed E-state index contributed by atoms with van der Waals surface area (Å²) in [6, 6.07) is 47.0. The van der Waals surface area contributed by atoms with Crippen LogP contribution in [0.4, 0.5) is 0 Å². The van der Waals surface area contributed by atoms with Crippen LogP contribution >= 0.6 is 0 Å². The zero-order valence-corrected chi connectivity index (χ0v) is 26.8. The van der Waals surface area contributed by atoms with E-state index in [2.05, 4.69) is 54.6 Å². The molecule has 3 heterocycles. The number of fused-ring (bicyclic) bond motifs is 4. The molecule has 0 saturated heterocycles. The highest BCUT2D eigenvalue weighted by Crippen LogP contribution is 2.37. The molecule has 7 nitrogen and oxygen atoms in total. The molecule has 0 amide bonds. The Kier molecular flexibility index (Phi) is 6.59. The highest BCUT2D eigenvalue weighted by atomic mass is 16.3. The zero-order chi connectivity index (χ0) is 33.1. The molecule has 7 heteroatoms. The van der Waals surface area contributed by atoms with Gasteiger partial charge in [0.25, 0.3) is 0 Å². The van der Waals surface area contributed by atoms with Gasteiger partial charge < -0.3 is 4.42 Å². The van der Waals surface area contributed by atoms with E-state index in [-0.39, 0.29) is 5.69 Å². The standard InChI is InChI=1S/C42H29N5O2/c1-46-34-23-22-30(25-35(34)47(2)42(46)48)29-12-8-13-31(24-29)41-44-39(27-10-4-3-5-11-27)43-40(45-41)28-20-18-26(19-21-28)32-15-9-17-37-38(32)33-14-6-7-16-36(33)49-37/h3-25H,1-2H3. The van der Waals surface area contributed by atoms with Gasteiger partial charge in [0, 0.05) is 41.6 Å². The van der Waals surface area contributed by atoms with E-state index in [0.717, 1.165) is 71.9 Å². The van der Waals surface area contributed by atoms with Crippen molar-refractivity contribution in [3.8, 4) is 56.4 Å². The number of para-hydroxylation sites is 1. The molecule has 3 aromatic heterocycles. The third-order valence-corrected chi connectivity index (χ3v) is 9.25. The molecular formula is C42H29N5O2. The highest BCUT2D eigenvalue weighted by molar-refractivity contribution is 6.12. The van der Waals surface area contributed by atoms with Crippen molar-refractivity contribution in [2.24, 2.45) is 14.1 Å². The minimum Gasteiger partial charge on any atom is -0.456 e. The van der Waals surface area contributed by atoms with E-state index in [1.54, 1.807) is 23.2 Å². The van der Waals surface area contributed by atoms with Gasteiger partial charge >= 0.3 is 5.69 Å². The monoisotopic (exact) mass is 635 g/mol. The van der Waals surface area contributed by atoms with Crippen molar-refractivity contribution in [3.63, 3.8) is 0 Å². The molecule has 0 aliphatic heterocycles. The van der Waals surface area contributed by atoms with E-state index >= 15 is 0 Å². The minimum atomic E-state index is -0.0490. The maximum absolute atomic E-state index is 12.6. The predicted molar refractivity (Wildman–Crippen MR) is 196 cm³/mol. The third-order valence-electron chi connectivity index (χ3n) is 9.25. The molecule has 49 heavy (non-hydrogen) atoms. The average Bonchev–Trinajstić information content (AvgIpc) is 3.65. The predicted octanol–water partition coefficient (Wildman–Crippen LogP) is 9.30. The lowest BCUT2D eigenvalue weighted by atomic mass is 9.98. The summed E-state index contributed by atoms with van der Waals surface area (Å²) in [5.41, 5.74) is 10.3. The topological polar surface area (TPSA) is 78.7 Å². The first-order valence-electron chi connectivity index (χ1n) is 16.1. The van der Waals surface area contributed by atoms with Crippen molar-refractivity contribution in [1.82, 2.24) is 24.1 Å². The fraction of sp³-hybridized carbons (Fsp3) is 0.0476. The molecule has 0 fully saturated rings. The molecule has 9 rings (SSSR count). The average molecular weight is 636 g/mol. The number of nitrogens with zero attached hydrogens (tertiary/aromatic N) is 5. The molecule has 0 atom stereocenters. The summed E-state index contributed by atoms with van der Waals surface area (Å²) in [6.07, 6.45) is 0. The second-order valence-electron chi connectivity index (χ2n) is 12.2. The van der Waals surface area contributed by atoms with Crippen molar-refractivity contribution in [2.45, 2.75) is 0 Å². The number of aromatic nitrogens is 5. The number of aryl methyl sites for hydroxylation is 2. The fourth-order valence-electron chi connectivity index (χ4n) is 6.69. The maximum Gasteiger partial charge on any atom is 0.328 e. The van der Waals surface area contributed by atoms with Crippen molar-refractivity contribution in [3.05, 3.63) is 150 Å². The van der Waals surface area contributed by atoms with Crippen LogP contribution in [0, 0.1) is 0 Å². The van der Waals surface area contributed by atoms with Crippen LogP contribution in [0.25, 0.3) is 89.4 Å². The molecular weight excluding hydrogens is 606 g/mol. The Morgan fingerprint density at radius 1 is 0.469 bits per heavy atom. The Balaban J connectivity index is 1.14. The van der Waals surface area contributed by atoms with Gasteiger partial charge in [0.2, 0.25) is 0 Å². The Morgan fingerprint density at radius 3 is 1.82 bits per heavy atom. The lowest BCUT2D eigenvalue weighted by Crippen LogP contribution is -2.19. The van der Waals surface area contributed by atoms with E-state index < -0.39 is 0 Å². The lowest BCUT2D eigenvalue weighted by Gasteiger charge is -2.10. The van der Waals surface area contributed by atoms with Gasteiger partial charge in [-0.25, -0.2) is 19.7 Å². The van der Waals surface area contributed by atoms with Crippen LogP contribution in [0.2, 0.25) is 0 Å². The lowest BCUT2D eigenvalue weighted by molar-refractivity contribution is 0.669. The van der Waals surface area contributed by atoms with E-state index in [9.17, 15) is 4.79 Å². The Bertz CT molecular complexity index is 2760. The molecule has 0 aliphatic rings. The summed E-state index contributed by atoms with van der Waals surface area (Å²) >= 11 is 0. The summed E-state index contributed by atoms with van der Waals surface area (Å²) < 4.78 is 9.49. The molecule has 0 unspecified atom stereocenters. The van der Waals surface area contributed by atoms with Crippen LogP contribution in [0.5, 0.6) is 0 Å². The summed E-state index contributed by atoms with van der Waals surface area (Å²) in [5.74, 6) is 1.77. The van der Waals surface area contributed by atoms with Crippen LogP contribution < -0.4 is 5.69 Å². The molecule has 0 bridgehead atoms. The van der Waals surface area contributed by atoms with E-state index in [0.29, 0.717) is 17.5 Å². The number of rotatable bonds is 5. The molecule has 234 valence electrons. The number of benzene rings is 6. The van der Waals surface area contributed by atoms with Gasteiger partial charge in [-0.2, -0.15) is 0 Å². The van der Waals surface area contributed by atoms with Crippen molar-refractivity contribution >= 4 is 33.0 Å². The minimum absolute atomic E-state index is 0.0490. The first-order valence-corrected chi connectivity index (χ1v) is 16.1. The first-order chi connectivity index (χ1) is 24.0. The fourth-order valence-corrected chi connectivity index (χ4v) is 6.69. The Labute approximate surface area is 281 Å². The van der Waals surface area contributed by atoms with Gasteiger partial charge in [-0.1, -0.05) is 109 Å². The summed E-state index contributed by atoms with van der Waals surface area (Å²) in [4.78, 5) is 27.5. The van der Waals surface area contributed by atoms with Crippen LogP contribution in [0.1, 0.15) is 0 Å². The molecule has 0 spiro atoms. The van der Waals surface area contributed by atoms with E-state index in [4.69, 9.17) is 19.4 Å². The van der Waals surface area contributed by atoms with Gasteiger partial charge in [0.15, 0.2) is 17.5 Å². The third kappa shape index (κ3) is 4.83. The van der Waals surface area contributed by atoms with Crippen molar-refractivity contribution < 1.29 is 4.42 Å². The van der Waals surface area contributed by atoms with Gasteiger partial charge in [-0.3, -0.25) is 9.13 Å². The van der Waals surface area contributed by atoms with E-state index in [1.807, 2.05) is 84.9 Å². The highest BCUT2D eigenvalue weighted by Gasteiger charge is 2.16. The summed E-state index contributed by atoms with van der Waals surface area (Å²) in [7, 11) is 3.59. The number of imidazole rings is 1. The molecule has 9 aromatic rings. The zero-order valence-electron chi connectivity index (χ0n) is 26.8. The second-order valence-corrected chi connectivity index (χ2v) is 12.2. The smallest absolute Gasteiger partial charge is 0.328 e. The molecule has 6 aromatic carbocycles. The molecule has 0 aliphatic carbocycles. The number of hydrogen-bond acceptors (Lipinski definition) is 5. The van der Waals surface area contributed by atoms with Crippen molar-refractivity contribution in [1.29, 1.82) is 0 Å². The van der Waals surface area contributed by atoms with Gasteiger partial charge in [0.05, 0.1) is 11.0 Å². The maximum atomic E-state index is 12.6. The van der Waals surface area contributed by atoms with Crippen LogP contribution in [0.15, 0.2) is 149 Å². The second kappa shape index (κ2) is 11.3. The van der Waals surface area contributed by atoms with Gasteiger partial charge in [-0.15, -0.1) is 0 Å². The van der Waals surface area contributed by atoms with Gasteiger partial charge in [0.1, 0.15) is 11.2 Å². The molecule has 0 saturated carbocycles. The van der Waals surface area contributed by atoms with Crippen LogP contribution in [-0.4, -0.2) is 24.1 Å². The SMILES string of the molecule is Cn1c(=O)n(C)c2cc(-c3cccc(-c4nc(-c5ccccc5)nc(-c5ccc(-c6cccc7oc8ccccc8c67)cc5)n4)c3)ccc21. The van der Waals surface area contributed by atoms with Crippen molar-refractivity contribution in [2.75, 3.05) is 0 Å². The number of hydrogen-bond donors (Lipinski definition) is 0. The summed E-state index contributed by atoms with van der Waals surface area (Å²) in [6.45, 7) is 0. The Hall–Kier alpha value is -6.60. The Morgan fingerprint density at radius 2 is 1.02 bits per heavy atom. The molecule has 0 radical (unpaired) electrons. The van der Waals surface area contributed by atoms with Gasteiger partial charge in [-0.05, 0) is 52.6 Å². The van der Waals surface area contributed by atoms with E-state index in [1.165, 1.54) is 0 Å². The van der Waals surface area contributed by atoms with Crippen LogP contribution in [0.3, 0.4) is 0 Å². The first kappa shape index (κ1) is 28.6. The summed E-state index contributed by atoms with van der Waals surface area (Å²) in [5, 5.41) is 2.20. The number of furan rings is 1. The largest absolute Gasteiger partial charge is 0.456 e. The van der Waals surface area contributed by atoms with Crippen LogP contribution in [-0.2, 0) is 14.1 Å².